The molecule has 0 rings (SSSR count). The quantitative estimate of drug-likeness (QED) is 0.465. The summed E-state index contributed by atoms with van der Waals surface area (Å²) in [4.78, 5) is 0. The van der Waals surface area contributed by atoms with E-state index in [1.807, 2.05) is 0 Å². The summed E-state index contributed by atoms with van der Waals surface area (Å²) in [7, 11) is 0. The lowest BCUT2D eigenvalue weighted by Gasteiger charge is -1.65. The highest BCUT2D eigenvalue weighted by Gasteiger charge is 1.53. The summed E-state index contributed by atoms with van der Waals surface area (Å²) >= 11 is 0.596. The largest absolute Gasteiger partial charge is 0.404 e. The Morgan fingerprint density at radius 3 is 2.40 bits per heavy atom. The Kier molecular flexibility index (Phi) is 3.73. The summed E-state index contributed by atoms with van der Waals surface area (Å²) in [5.41, 5.74) is 4.78. The van der Waals surface area contributed by atoms with Crippen molar-refractivity contribution in [1.29, 1.82) is 0 Å². The molecule has 0 heterocycles. The molecule has 3 N–H and O–H groups in total. The van der Waals surface area contributed by atoms with E-state index in [-0.39, 0.29) is 0 Å². The molecule has 0 unspecified atom stereocenters. The van der Waals surface area contributed by atoms with Gasteiger partial charge in [-0.3, -0.25) is 0 Å². The fourth-order valence-corrected chi connectivity index (χ4v) is 0.105. The average Bonchev–Trinajstić information content (AvgIpc) is 1.41. The number of nitrogens with two attached hydrogens (primary N) is 1. The minimum absolute atomic E-state index is 0.596. The van der Waals surface area contributed by atoms with E-state index in [4.69, 9.17) is 10.3 Å². The van der Waals surface area contributed by atoms with E-state index in [0.717, 1.165) is 0 Å². The molecular weight excluding hydrogens is 86.1 g/mol. The van der Waals surface area contributed by atoms with Crippen LogP contribution >= 0.6 is 12.0 Å². The van der Waals surface area contributed by atoms with E-state index in [2.05, 4.69) is 0 Å². The molecular formula is C2H5NOS. The zero-order chi connectivity index (χ0) is 4.12. The second kappa shape index (κ2) is 3.85. The summed E-state index contributed by atoms with van der Waals surface area (Å²) in [5, 5.41) is 1.38. The van der Waals surface area contributed by atoms with E-state index in [9.17, 15) is 0 Å². The number of hydrogen-bond donors (Lipinski definition) is 2. The zero-order valence-electron chi connectivity index (χ0n) is 2.59. The summed E-state index contributed by atoms with van der Waals surface area (Å²) in [6.07, 6.45) is 1.27. The maximum Gasteiger partial charge on any atom is 0.0178 e. The monoisotopic (exact) mass is 91.0 g/mol. The normalized spacial score (nSPS) is 9.80. The Labute approximate surface area is 34.9 Å². The van der Waals surface area contributed by atoms with Gasteiger partial charge in [0.2, 0.25) is 0 Å². The van der Waals surface area contributed by atoms with Gasteiger partial charge in [-0.25, -0.2) is 0 Å². The lowest BCUT2D eigenvalue weighted by Crippen LogP contribution is -1.70. The highest BCUT2D eigenvalue weighted by atomic mass is 32.2. The van der Waals surface area contributed by atoms with E-state index in [0.29, 0.717) is 12.0 Å². The fourth-order valence-electron chi connectivity index (χ4n) is 0.0351. The average molecular weight is 91.1 g/mol. The second-order valence-corrected chi connectivity index (χ2v) is 0.917. The van der Waals surface area contributed by atoms with E-state index in [1.54, 1.807) is 0 Å². The highest BCUT2D eigenvalue weighted by Crippen LogP contribution is 1.86. The maximum atomic E-state index is 7.82. The molecule has 3 heteroatoms. The fraction of sp³-hybridized carbons (Fsp3) is 0. The molecule has 0 aromatic carbocycles. The molecule has 0 aliphatic carbocycles. The van der Waals surface area contributed by atoms with E-state index < -0.39 is 0 Å². The SMILES string of the molecule is N/C=C\SO. The van der Waals surface area contributed by atoms with Gasteiger partial charge in [0.1, 0.15) is 0 Å². The van der Waals surface area contributed by atoms with Gasteiger partial charge in [0, 0.05) is 23.7 Å². The zero-order valence-corrected chi connectivity index (χ0v) is 3.40. The molecule has 0 radical (unpaired) electrons. The topological polar surface area (TPSA) is 46.2 Å². The summed E-state index contributed by atoms with van der Waals surface area (Å²) < 4.78 is 7.82. The molecule has 2 nitrogen and oxygen atoms in total. The minimum Gasteiger partial charge on any atom is -0.404 e. The molecule has 0 amide bonds. The van der Waals surface area contributed by atoms with Crippen LogP contribution in [-0.4, -0.2) is 4.55 Å². The maximum absolute atomic E-state index is 7.82. The Hall–Kier alpha value is -0.150. The van der Waals surface area contributed by atoms with Crippen LogP contribution in [0.1, 0.15) is 0 Å². The molecule has 0 atom stereocenters. The van der Waals surface area contributed by atoms with Crippen LogP contribution in [0.2, 0.25) is 0 Å². The third kappa shape index (κ3) is 3.85. The molecule has 0 fully saturated rings. The van der Waals surface area contributed by atoms with Gasteiger partial charge in [-0.2, -0.15) is 0 Å². The molecule has 0 aliphatic rings. The second-order valence-electron chi connectivity index (χ2n) is 0.434. The van der Waals surface area contributed by atoms with Gasteiger partial charge >= 0.3 is 0 Å². The molecule has 0 aliphatic heterocycles. The predicted octanol–water partition coefficient (Wildman–Crippen LogP) is 0.623. The van der Waals surface area contributed by atoms with Gasteiger partial charge in [0.05, 0.1) is 0 Å². The van der Waals surface area contributed by atoms with Crippen LogP contribution in [0, 0.1) is 0 Å². The first-order valence-corrected chi connectivity index (χ1v) is 1.92. The van der Waals surface area contributed by atoms with Crippen molar-refractivity contribution < 1.29 is 4.55 Å². The Balaban J connectivity index is 2.62. The molecule has 0 spiro atoms. The van der Waals surface area contributed by atoms with E-state index in [1.165, 1.54) is 11.6 Å². The molecule has 5 heavy (non-hydrogen) atoms. The Morgan fingerprint density at radius 1 is 1.80 bits per heavy atom. The molecule has 0 bridgehead atoms. The molecule has 30 valence electrons. The van der Waals surface area contributed by atoms with Crippen molar-refractivity contribution in [3.8, 4) is 0 Å². The molecule has 0 saturated heterocycles. The third-order valence-corrected chi connectivity index (χ3v) is 0.418. The first-order chi connectivity index (χ1) is 2.41. The van der Waals surface area contributed by atoms with Crippen LogP contribution in [0.4, 0.5) is 0 Å². The lowest BCUT2D eigenvalue weighted by molar-refractivity contribution is 0.671. The van der Waals surface area contributed by atoms with Crippen LogP contribution in [0.25, 0.3) is 0 Å². The van der Waals surface area contributed by atoms with Gasteiger partial charge < -0.3 is 10.3 Å². The minimum atomic E-state index is 0.596. The van der Waals surface area contributed by atoms with Gasteiger partial charge in [-0.15, -0.1) is 0 Å². The van der Waals surface area contributed by atoms with Crippen molar-refractivity contribution >= 4 is 12.0 Å². The van der Waals surface area contributed by atoms with Crippen LogP contribution in [-0.2, 0) is 0 Å². The van der Waals surface area contributed by atoms with Crippen LogP contribution in [0.15, 0.2) is 11.6 Å². The van der Waals surface area contributed by atoms with Crippen molar-refractivity contribution in [1.82, 2.24) is 0 Å². The van der Waals surface area contributed by atoms with Crippen molar-refractivity contribution in [3.05, 3.63) is 11.6 Å². The van der Waals surface area contributed by atoms with Gasteiger partial charge in [0.25, 0.3) is 0 Å². The summed E-state index contributed by atoms with van der Waals surface area (Å²) in [6.45, 7) is 0. The van der Waals surface area contributed by atoms with Gasteiger partial charge in [-0.1, -0.05) is 0 Å². The van der Waals surface area contributed by atoms with Crippen molar-refractivity contribution in [2.45, 2.75) is 0 Å². The standard InChI is InChI=1S/C2H5NOS/c3-1-2-5-4/h1-2,4H,3H2/b2-1-. The molecule has 0 aromatic rings. The van der Waals surface area contributed by atoms with Gasteiger partial charge in [0.15, 0.2) is 0 Å². The summed E-state index contributed by atoms with van der Waals surface area (Å²) in [6, 6.07) is 0. The van der Waals surface area contributed by atoms with Crippen molar-refractivity contribution in [3.63, 3.8) is 0 Å². The smallest absolute Gasteiger partial charge is 0.0178 e. The molecule has 0 saturated carbocycles. The summed E-state index contributed by atoms with van der Waals surface area (Å²) in [5.74, 6) is 0. The van der Waals surface area contributed by atoms with Crippen LogP contribution < -0.4 is 5.73 Å². The lowest BCUT2D eigenvalue weighted by atomic mass is 11.1. The number of rotatable bonds is 1. The Morgan fingerprint density at radius 2 is 2.40 bits per heavy atom. The van der Waals surface area contributed by atoms with Crippen molar-refractivity contribution in [2.75, 3.05) is 0 Å². The van der Waals surface area contributed by atoms with Crippen LogP contribution in [0.3, 0.4) is 0 Å². The van der Waals surface area contributed by atoms with E-state index >= 15 is 0 Å². The highest BCUT2D eigenvalue weighted by molar-refractivity contribution is 7.96. The van der Waals surface area contributed by atoms with Crippen LogP contribution in [0.5, 0.6) is 0 Å². The van der Waals surface area contributed by atoms with Crippen molar-refractivity contribution in [2.24, 2.45) is 5.73 Å². The molecule has 0 aromatic heterocycles. The first-order valence-electron chi connectivity index (χ1n) is 1.08. The first kappa shape index (κ1) is 4.85. The third-order valence-electron chi connectivity index (χ3n) is 0.139. The number of hydrogen-bond acceptors (Lipinski definition) is 3. The Bertz CT molecular complexity index is 36.6. The van der Waals surface area contributed by atoms with Gasteiger partial charge in [-0.05, 0) is 0 Å². The predicted molar refractivity (Wildman–Crippen MR) is 23.5 cm³/mol.